The maximum absolute atomic E-state index is 11.9. The molecule has 0 spiro atoms. The van der Waals surface area contributed by atoms with Crippen LogP contribution in [0.4, 0.5) is 0 Å². The standard InChI is InChI=1S/C23H21BrN2O3/c1-17-7-12-22(21(24)13-17)29-16-23(27)26-25-14-18-8-10-20(11-9-18)28-15-19-5-3-2-4-6-19/h2-14H,15-16H2,1H3,(H,26,27)/b25-14-. The van der Waals surface area contributed by atoms with Crippen LogP contribution >= 0.6 is 15.9 Å². The number of nitrogens with zero attached hydrogens (tertiary/aromatic N) is 1. The number of hydrogen-bond acceptors (Lipinski definition) is 4. The number of hydrogen-bond donors (Lipinski definition) is 1. The average Bonchev–Trinajstić information content (AvgIpc) is 2.73. The minimum Gasteiger partial charge on any atom is -0.489 e. The molecule has 0 saturated carbocycles. The van der Waals surface area contributed by atoms with Crippen molar-refractivity contribution >= 4 is 28.1 Å². The molecule has 1 N–H and O–H groups in total. The second-order valence-corrected chi connectivity index (χ2v) is 7.21. The fourth-order valence-corrected chi connectivity index (χ4v) is 3.08. The van der Waals surface area contributed by atoms with Crippen molar-refractivity contribution in [3.63, 3.8) is 0 Å². The third-order valence-electron chi connectivity index (χ3n) is 3.98. The highest BCUT2D eigenvalue weighted by Gasteiger charge is 2.05. The Morgan fingerprint density at radius 1 is 1.03 bits per heavy atom. The maximum atomic E-state index is 11.9. The lowest BCUT2D eigenvalue weighted by Gasteiger charge is -2.07. The molecule has 3 rings (SSSR count). The quantitative estimate of drug-likeness (QED) is 0.391. The van der Waals surface area contributed by atoms with Crippen LogP contribution < -0.4 is 14.9 Å². The first-order valence-electron chi connectivity index (χ1n) is 9.08. The Morgan fingerprint density at radius 2 is 1.79 bits per heavy atom. The summed E-state index contributed by atoms with van der Waals surface area (Å²) in [6.07, 6.45) is 1.57. The van der Waals surface area contributed by atoms with E-state index in [9.17, 15) is 4.79 Å². The van der Waals surface area contributed by atoms with E-state index in [-0.39, 0.29) is 12.5 Å². The zero-order chi connectivity index (χ0) is 20.5. The van der Waals surface area contributed by atoms with Crippen LogP contribution in [0.3, 0.4) is 0 Å². The Morgan fingerprint density at radius 3 is 2.52 bits per heavy atom. The third-order valence-corrected chi connectivity index (χ3v) is 4.60. The highest BCUT2D eigenvalue weighted by molar-refractivity contribution is 9.10. The fourth-order valence-electron chi connectivity index (χ4n) is 2.47. The molecule has 3 aromatic rings. The first kappa shape index (κ1) is 20.6. The van der Waals surface area contributed by atoms with Gasteiger partial charge in [0.05, 0.1) is 10.7 Å². The van der Waals surface area contributed by atoms with Crippen molar-refractivity contribution < 1.29 is 14.3 Å². The van der Waals surface area contributed by atoms with Gasteiger partial charge in [-0.15, -0.1) is 0 Å². The van der Waals surface area contributed by atoms with Crippen molar-refractivity contribution in [1.82, 2.24) is 5.43 Å². The average molecular weight is 453 g/mol. The Kier molecular flexibility index (Phi) is 7.41. The summed E-state index contributed by atoms with van der Waals surface area (Å²) in [6, 6.07) is 23.1. The molecule has 0 radical (unpaired) electrons. The summed E-state index contributed by atoms with van der Waals surface area (Å²) in [7, 11) is 0. The molecule has 0 bridgehead atoms. The van der Waals surface area contributed by atoms with Gasteiger partial charge in [0.2, 0.25) is 0 Å². The maximum Gasteiger partial charge on any atom is 0.277 e. The molecular formula is C23H21BrN2O3. The Labute approximate surface area is 178 Å². The van der Waals surface area contributed by atoms with E-state index >= 15 is 0 Å². The van der Waals surface area contributed by atoms with Gasteiger partial charge in [0.1, 0.15) is 18.1 Å². The second-order valence-electron chi connectivity index (χ2n) is 6.36. The number of aryl methyl sites for hydroxylation is 1. The molecule has 0 aromatic heterocycles. The van der Waals surface area contributed by atoms with Crippen LogP contribution in [0.2, 0.25) is 0 Å². The van der Waals surface area contributed by atoms with Crippen molar-refractivity contribution in [3.8, 4) is 11.5 Å². The number of benzene rings is 3. The van der Waals surface area contributed by atoms with Gasteiger partial charge in [0, 0.05) is 0 Å². The fraction of sp³-hybridized carbons (Fsp3) is 0.130. The first-order chi connectivity index (χ1) is 14.1. The molecule has 0 unspecified atom stereocenters. The zero-order valence-corrected chi connectivity index (χ0v) is 17.6. The van der Waals surface area contributed by atoms with E-state index in [4.69, 9.17) is 9.47 Å². The van der Waals surface area contributed by atoms with Crippen LogP contribution in [0.1, 0.15) is 16.7 Å². The molecule has 0 atom stereocenters. The Balaban J connectivity index is 1.43. The molecule has 5 nitrogen and oxygen atoms in total. The Bertz CT molecular complexity index is 973. The Hall–Kier alpha value is -3.12. The SMILES string of the molecule is Cc1ccc(OCC(=O)N/N=C\c2ccc(OCc3ccccc3)cc2)c(Br)c1. The number of rotatable bonds is 8. The number of halogens is 1. The molecule has 0 fully saturated rings. The minimum atomic E-state index is -0.337. The lowest BCUT2D eigenvalue weighted by atomic mass is 10.2. The minimum absolute atomic E-state index is 0.120. The zero-order valence-electron chi connectivity index (χ0n) is 16.0. The molecule has 0 aliphatic rings. The number of carbonyl (C=O) groups excluding carboxylic acids is 1. The number of carbonyl (C=O) groups is 1. The predicted molar refractivity (Wildman–Crippen MR) is 117 cm³/mol. The van der Waals surface area contributed by atoms with Crippen molar-refractivity contribution in [2.75, 3.05) is 6.61 Å². The summed E-state index contributed by atoms with van der Waals surface area (Å²) in [4.78, 5) is 11.9. The molecule has 0 heterocycles. The van der Waals surface area contributed by atoms with Gasteiger partial charge in [0.25, 0.3) is 5.91 Å². The number of hydrazone groups is 1. The van der Waals surface area contributed by atoms with Gasteiger partial charge in [-0.05, 0) is 75.9 Å². The highest BCUT2D eigenvalue weighted by Crippen LogP contribution is 2.25. The normalized spacial score (nSPS) is 10.7. The van der Waals surface area contributed by atoms with Crippen molar-refractivity contribution in [1.29, 1.82) is 0 Å². The monoisotopic (exact) mass is 452 g/mol. The second kappa shape index (κ2) is 10.4. The lowest BCUT2D eigenvalue weighted by Crippen LogP contribution is -2.24. The lowest BCUT2D eigenvalue weighted by molar-refractivity contribution is -0.123. The first-order valence-corrected chi connectivity index (χ1v) is 9.87. The largest absolute Gasteiger partial charge is 0.489 e. The van der Waals surface area contributed by atoms with E-state index in [1.165, 1.54) is 0 Å². The van der Waals surface area contributed by atoms with Gasteiger partial charge in [-0.1, -0.05) is 36.4 Å². The van der Waals surface area contributed by atoms with Crippen LogP contribution in [0.5, 0.6) is 11.5 Å². The highest BCUT2D eigenvalue weighted by atomic mass is 79.9. The van der Waals surface area contributed by atoms with E-state index in [0.717, 1.165) is 26.9 Å². The van der Waals surface area contributed by atoms with E-state index in [1.54, 1.807) is 6.21 Å². The van der Waals surface area contributed by atoms with Crippen molar-refractivity contribution in [2.45, 2.75) is 13.5 Å². The van der Waals surface area contributed by atoms with E-state index < -0.39 is 0 Å². The summed E-state index contributed by atoms with van der Waals surface area (Å²) in [5.41, 5.74) is 5.52. The van der Waals surface area contributed by atoms with Gasteiger partial charge >= 0.3 is 0 Å². The smallest absolute Gasteiger partial charge is 0.277 e. The van der Waals surface area contributed by atoms with Crippen LogP contribution in [0.15, 0.2) is 82.4 Å². The summed E-state index contributed by atoms with van der Waals surface area (Å²) in [5, 5.41) is 3.96. The predicted octanol–water partition coefficient (Wildman–Crippen LogP) is 4.87. The molecule has 0 aliphatic carbocycles. The number of amides is 1. The molecule has 29 heavy (non-hydrogen) atoms. The van der Waals surface area contributed by atoms with Crippen molar-refractivity contribution in [3.05, 3.63) is 94.0 Å². The van der Waals surface area contributed by atoms with Crippen molar-refractivity contribution in [2.24, 2.45) is 5.10 Å². The number of ether oxygens (including phenoxy) is 2. The molecule has 3 aromatic carbocycles. The topological polar surface area (TPSA) is 59.9 Å². The van der Waals surface area contributed by atoms with Crippen LogP contribution in [0, 0.1) is 6.92 Å². The molecule has 0 saturated heterocycles. The van der Waals surface area contributed by atoms with Gasteiger partial charge in [-0.25, -0.2) is 5.43 Å². The van der Waals surface area contributed by atoms with Gasteiger partial charge in [-0.2, -0.15) is 5.10 Å². The van der Waals surface area contributed by atoms with Gasteiger partial charge in [0.15, 0.2) is 6.61 Å². The van der Waals surface area contributed by atoms with E-state index in [2.05, 4.69) is 26.5 Å². The van der Waals surface area contributed by atoms with Crippen LogP contribution in [-0.4, -0.2) is 18.7 Å². The molecule has 1 amide bonds. The molecule has 148 valence electrons. The number of nitrogens with one attached hydrogen (secondary N) is 1. The summed E-state index contributed by atoms with van der Waals surface area (Å²) < 4.78 is 12.0. The molecular weight excluding hydrogens is 432 g/mol. The molecule has 0 aliphatic heterocycles. The van der Waals surface area contributed by atoms with Crippen LogP contribution in [-0.2, 0) is 11.4 Å². The molecule has 6 heteroatoms. The van der Waals surface area contributed by atoms with E-state index in [1.807, 2.05) is 79.7 Å². The summed E-state index contributed by atoms with van der Waals surface area (Å²) in [5.74, 6) is 1.05. The van der Waals surface area contributed by atoms with Crippen LogP contribution in [0.25, 0.3) is 0 Å². The summed E-state index contributed by atoms with van der Waals surface area (Å²) >= 11 is 3.41. The third kappa shape index (κ3) is 6.76. The van der Waals surface area contributed by atoms with E-state index in [0.29, 0.717) is 12.4 Å². The van der Waals surface area contributed by atoms with Gasteiger partial charge < -0.3 is 9.47 Å². The summed E-state index contributed by atoms with van der Waals surface area (Å²) in [6.45, 7) is 2.38. The van der Waals surface area contributed by atoms with Gasteiger partial charge in [-0.3, -0.25) is 4.79 Å².